The van der Waals surface area contributed by atoms with E-state index in [1.54, 1.807) is 12.1 Å². The van der Waals surface area contributed by atoms with Crippen molar-refractivity contribution in [3.05, 3.63) is 17.3 Å². The van der Waals surface area contributed by atoms with Gasteiger partial charge in [0.1, 0.15) is 6.26 Å². The lowest BCUT2D eigenvalue weighted by Gasteiger charge is -1.99. The van der Waals surface area contributed by atoms with Crippen LogP contribution in [-0.4, -0.2) is 21.0 Å². The van der Waals surface area contributed by atoms with Crippen LogP contribution in [-0.2, 0) is 11.2 Å². The van der Waals surface area contributed by atoms with Crippen LogP contribution in [0.15, 0.2) is 17.2 Å². The molecule has 0 saturated carbocycles. The summed E-state index contributed by atoms with van der Waals surface area (Å²) in [7, 11) is 0. The molecule has 0 bridgehead atoms. The highest BCUT2D eigenvalue weighted by Crippen LogP contribution is 2.06. The van der Waals surface area contributed by atoms with E-state index < -0.39 is 11.2 Å². The van der Waals surface area contributed by atoms with E-state index in [-0.39, 0.29) is 0 Å². The van der Waals surface area contributed by atoms with Gasteiger partial charge in [0.25, 0.3) is 5.03 Å². The van der Waals surface area contributed by atoms with Crippen LogP contribution in [0.2, 0.25) is 5.15 Å². The Hall–Kier alpha value is -0.320. The summed E-state index contributed by atoms with van der Waals surface area (Å²) in [6, 6.07) is 3.15. The van der Waals surface area contributed by atoms with Crippen LogP contribution in [0.4, 0.5) is 0 Å². The maximum atomic E-state index is 10.7. The van der Waals surface area contributed by atoms with Gasteiger partial charge < -0.3 is 4.55 Å². The van der Waals surface area contributed by atoms with Gasteiger partial charge in [-0.15, -0.1) is 5.10 Å². The second kappa shape index (κ2) is 3.18. The maximum Gasteiger partial charge on any atom is 0.263 e. The molecule has 0 saturated heterocycles. The topological polar surface area (TPSA) is 48.8 Å². The largest absolute Gasteiger partial charge is 0.610 e. The SMILES string of the molecule is C[S+]([O-])c1ccc(Cl)nn1. The first-order valence-electron chi connectivity index (χ1n) is 2.53. The third-order valence-corrected chi connectivity index (χ3v) is 1.91. The second-order valence-electron chi connectivity index (χ2n) is 1.65. The molecule has 1 unspecified atom stereocenters. The van der Waals surface area contributed by atoms with E-state index in [9.17, 15) is 4.55 Å². The molecular weight excluding hydrogens is 172 g/mol. The fraction of sp³-hybridized carbons (Fsp3) is 0.200. The zero-order valence-electron chi connectivity index (χ0n) is 5.24. The van der Waals surface area contributed by atoms with Gasteiger partial charge in [0.2, 0.25) is 0 Å². The summed E-state index contributed by atoms with van der Waals surface area (Å²) in [5, 5.41) is 7.88. The highest BCUT2D eigenvalue weighted by Gasteiger charge is 2.04. The average Bonchev–Trinajstić information content (AvgIpc) is 1.88. The standard InChI is InChI=1S/C5H5ClN2OS/c1-10(9)5-3-2-4(6)7-8-5/h2-3H,1H3. The van der Waals surface area contributed by atoms with Crippen LogP contribution >= 0.6 is 11.6 Å². The number of hydrogen-bond donors (Lipinski definition) is 0. The van der Waals surface area contributed by atoms with E-state index in [4.69, 9.17) is 11.6 Å². The van der Waals surface area contributed by atoms with E-state index >= 15 is 0 Å². The molecule has 1 aromatic heterocycles. The molecule has 0 aliphatic carbocycles. The Morgan fingerprint density at radius 2 is 2.20 bits per heavy atom. The van der Waals surface area contributed by atoms with Crippen molar-refractivity contribution in [2.24, 2.45) is 0 Å². The molecule has 1 rings (SSSR count). The maximum absolute atomic E-state index is 10.7. The minimum Gasteiger partial charge on any atom is -0.610 e. The van der Waals surface area contributed by atoms with Gasteiger partial charge in [-0.3, -0.25) is 0 Å². The van der Waals surface area contributed by atoms with Crippen LogP contribution in [0.1, 0.15) is 0 Å². The van der Waals surface area contributed by atoms with Gasteiger partial charge in [-0.25, -0.2) is 0 Å². The van der Waals surface area contributed by atoms with Gasteiger partial charge in [0, 0.05) is 17.2 Å². The fourth-order valence-corrected chi connectivity index (χ4v) is 0.973. The highest BCUT2D eigenvalue weighted by molar-refractivity contribution is 7.90. The third kappa shape index (κ3) is 1.83. The number of aromatic nitrogens is 2. The van der Waals surface area contributed by atoms with Crippen LogP contribution in [0.3, 0.4) is 0 Å². The lowest BCUT2D eigenvalue weighted by Crippen LogP contribution is -2.01. The van der Waals surface area contributed by atoms with Gasteiger partial charge in [-0.1, -0.05) is 16.7 Å². The molecule has 0 N–H and O–H groups in total. The third-order valence-electron chi connectivity index (χ3n) is 0.902. The van der Waals surface area contributed by atoms with Crippen LogP contribution < -0.4 is 0 Å². The van der Waals surface area contributed by atoms with E-state index in [0.717, 1.165) is 0 Å². The van der Waals surface area contributed by atoms with E-state index in [2.05, 4.69) is 10.2 Å². The quantitative estimate of drug-likeness (QED) is 0.597. The minimum absolute atomic E-state index is 0.314. The summed E-state index contributed by atoms with van der Waals surface area (Å²) in [5.41, 5.74) is 0. The summed E-state index contributed by atoms with van der Waals surface area (Å²) in [4.78, 5) is 0. The Balaban J connectivity index is 2.89. The van der Waals surface area contributed by atoms with Gasteiger partial charge >= 0.3 is 0 Å². The first kappa shape index (κ1) is 7.78. The second-order valence-corrected chi connectivity index (χ2v) is 3.36. The van der Waals surface area contributed by atoms with Crippen LogP contribution in [0, 0.1) is 0 Å². The monoisotopic (exact) mass is 176 g/mol. The van der Waals surface area contributed by atoms with Crippen molar-refractivity contribution < 1.29 is 4.55 Å². The first-order valence-corrected chi connectivity index (χ1v) is 4.46. The number of nitrogens with zero attached hydrogens (tertiary/aromatic N) is 2. The van der Waals surface area contributed by atoms with Gasteiger partial charge in [0.15, 0.2) is 5.15 Å². The van der Waals surface area contributed by atoms with Crippen molar-refractivity contribution in [3.63, 3.8) is 0 Å². The fourth-order valence-electron chi connectivity index (χ4n) is 0.457. The molecule has 3 nitrogen and oxygen atoms in total. The molecule has 0 aliphatic heterocycles. The minimum atomic E-state index is -1.07. The van der Waals surface area contributed by atoms with Crippen LogP contribution in [0.5, 0.6) is 0 Å². The predicted molar refractivity (Wildman–Crippen MR) is 39.4 cm³/mol. The Morgan fingerprint density at radius 3 is 2.60 bits per heavy atom. The molecule has 5 heteroatoms. The summed E-state index contributed by atoms with van der Waals surface area (Å²) < 4.78 is 10.7. The molecule has 0 radical (unpaired) electrons. The highest BCUT2D eigenvalue weighted by atomic mass is 35.5. The molecular formula is C5H5ClN2OS. The molecule has 0 aromatic carbocycles. The number of hydrogen-bond acceptors (Lipinski definition) is 3. The van der Waals surface area contributed by atoms with Crippen molar-refractivity contribution >= 4 is 22.8 Å². The Kier molecular flexibility index (Phi) is 2.48. The molecule has 1 aromatic rings. The van der Waals surface area contributed by atoms with Crippen molar-refractivity contribution in [1.82, 2.24) is 10.2 Å². The van der Waals surface area contributed by atoms with E-state index in [1.165, 1.54) is 6.26 Å². The van der Waals surface area contributed by atoms with Gasteiger partial charge in [-0.2, -0.15) is 0 Å². The summed E-state index contributed by atoms with van der Waals surface area (Å²) in [6.07, 6.45) is 1.54. The Bertz CT molecular complexity index is 213. The number of rotatable bonds is 1. The smallest absolute Gasteiger partial charge is 0.263 e. The lowest BCUT2D eigenvalue weighted by atomic mass is 10.6. The zero-order chi connectivity index (χ0) is 7.56. The molecule has 10 heavy (non-hydrogen) atoms. The molecule has 0 fully saturated rings. The Labute approximate surface area is 66.6 Å². The van der Waals surface area contributed by atoms with Crippen molar-refractivity contribution in [2.45, 2.75) is 5.03 Å². The molecule has 54 valence electrons. The Morgan fingerprint density at radius 1 is 1.50 bits per heavy atom. The van der Waals surface area contributed by atoms with Crippen molar-refractivity contribution in [1.29, 1.82) is 0 Å². The van der Waals surface area contributed by atoms with Gasteiger partial charge in [0.05, 0.1) is 0 Å². The van der Waals surface area contributed by atoms with Crippen molar-refractivity contribution in [2.75, 3.05) is 6.26 Å². The predicted octanol–water partition coefficient (Wildman–Crippen LogP) is 0.867. The molecule has 0 spiro atoms. The summed E-state index contributed by atoms with van der Waals surface area (Å²) >= 11 is 4.37. The number of halogens is 1. The van der Waals surface area contributed by atoms with Gasteiger partial charge in [-0.05, 0) is 6.07 Å². The molecule has 1 atom stereocenters. The summed E-state index contributed by atoms with van der Waals surface area (Å²) in [5.74, 6) is 0. The van der Waals surface area contributed by atoms with E-state index in [1.807, 2.05) is 0 Å². The molecule has 0 amide bonds. The lowest BCUT2D eigenvalue weighted by molar-refractivity contribution is 0.595. The normalized spacial score (nSPS) is 13.1. The average molecular weight is 177 g/mol. The molecule has 0 aliphatic rings. The van der Waals surface area contributed by atoms with E-state index in [0.29, 0.717) is 10.2 Å². The summed E-state index contributed by atoms with van der Waals surface area (Å²) in [6.45, 7) is 0. The zero-order valence-corrected chi connectivity index (χ0v) is 6.82. The van der Waals surface area contributed by atoms with Crippen LogP contribution in [0.25, 0.3) is 0 Å². The first-order chi connectivity index (χ1) is 4.70. The molecule has 1 heterocycles. The van der Waals surface area contributed by atoms with Crippen molar-refractivity contribution in [3.8, 4) is 0 Å².